The average molecular weight is 259 g/mol. The van der Waals surface area contributed by atoms with Crippen LogP contribution in [0.15, 0.2) is 42.5 Å². The van der Waals surface area contributed by atoms with E-state index in [4.69, 9.17) is 10.5 Å². The molecule has 0 radical (unpaired) electrons. The Morgan fingerprint density at radius 3 is 2.68 bits per heavy atom. The number of halogens is 1. The number of hydrogen-bond donors (Lipinski definition) is 1. The molecule has 3 nitrogen and oxygen atoms in total. The van der Waals surface area contributed by atoms with Crippen LogP contribution in [0.1, 0.15) is 15.9 Å². The van der Waals surface area contributed by atoms with Gasteiger partial charge in [0.25, 0.3) is 0 Å². The van der Waals surface area contributed by atoms with Gasteiger partial charge < -0.3 is 10.5 Å². The molecule has 2 rings (SSSR count). The lowest BCUT2D eigenvalue weighted by Gasteiger charge is -2.07. The van der Waals surface area contributed by atoms with Crippen molar-refractivity contribution in [2.24, 2.45) is 0 Å². The second kappa shape index (κ2) is 5.52. The molecule has 0 aliphatic rings. The lowest BCUT2D eigenvalue weighted by molar-refractivity contribution is 0.0994. The molecule has 0 unspecified atom stereocenters. The van der Waals surface area contributed by atoms with E-state index in [2.05, 4.69) is 0 Å². The summed E-state index contributed by atoms with van der Waals surface area (Å²) in [4.78, 5) is 12.1. The van der Waals surface area contributed by atoms with Gasteiger partial charge in [0.15, 0.2) is 5.78 Å². The molecule has 2 aromatic carbocycles. The molecular weight excluding hydrogens is 245 g/mol. The molecule has 0 saturated heterocycles. The summed E-state index contributed by atoms with van der Waals surface area (Å²) < 4.78 is 18.1. The molecule has 98 valence electrons. The third kappa shape index (κ3) is 3.10. The minimum Gasteiger partial charge on any atom is -0.497 e. The summed E-state index contributed by atoms with van der Waals surface area (Å²) in [6, 6.07) is 10.9. The molecule has 0 aliphatic heterocycles. The van der Waals surface area contributed by atoms with Crippen molar-refractivity contribution in [2.45, 2.75) is 6.42 Å². The van der Waals surface area contributed by atoms with Crippen molar-refractivity contribution < 1.29 is 13.9 Å². The Morgan fingerprint density at radius 1 is 1.26 bits per heavy atom. The highest BCUT2D eigenvalue weighted by atomic mass is 19.1. The average Bonchev–Trinajstić information content (AvgIpc) is 2.38. The van der Waals surface area contributed by atoms with Gasteiger partial charge in [0.05, 0.1) is 7.11 Å². The van der Waals surface area contributed by atoms with E-state index >= 15 is 0 Å². The summed E-state index contributed by atoms with van der Waals surface area (Å²) in [5, 5.41) is 0. The van der Waals surface area contributed by atoms with E-state index < -0.39 is 0 Å². The van der Waals surface area contributed by atoms with E-state index in [9.17, 15) is 9.18 Å². The second-order valence-electron chi connectivity index (χ2n) is 4.18. The predicted molar refractivity (Wildman–Crippen MR) is 71.8 cm³/mol. The first-order valence-corrected chi connectivity index (χ1v) is 5.81. The Labute approximate surface area is 110 Å². The highest BCUT2D eigenvalue weighted by Gasteiger charge is 2.11. The van der Waals surface area contributed by atoms with Gasteiger partial charge in [-0.05, 0) is 29.8 Å². The largest absolute Gasteiger partial charge is 0.497 e. The maximum atomic E-state index is 13.0. The molecule has 0 atom stereocenters. The fourth-order valence-corrected chi connectivity index (χ4v) is 1.85. The number of carbonyl (C=O) groups is 1. The first-order valence-electron chi connectivity index (χ1n) is 5.81. The number of anilines is 1. The number of Topliss-reactive ketones (excluding diaryl/α,β-unsaturated/α-hetero) is 1. The van der Waals surface area contributed by atoms with Gasteiger partial charge in [-0.2, -0.15) is 0 Å². The van der Waals surface area contributed by atoms with E-state index in [1.807, 2.05) is 0 Å². The lowest BCUT2D eigenvalue weighted by atomic mass is 10.0. The van der Waals surface area contributed by atoms with E-state index in [0.717, 1.165) is 0 Å². The number of ether oxygens (including phenoxy) is 1. The third-order valence-corrected chi connectivity index (χ3v) is 2.81. The molecule has 0 heterocycles. The van der Waals surface area contributed by atoms with Crippen LogP contribution in [-0.4, -0.2) is 12.9 Å². The summed E-state index contributed by atoms with van der Waals surface area (Å²) in [6.45, 7) is 0. The highest BCUT2D eigenvalue weighted by molar-refractivity contribution is 6.02. The first kappa shape index (κ1) is 13.1. The zero-order valence-electron chi connectivity index (χ0n) is 10.5. The first-order chi connectivity index (χ1) is 9.10. The predicted octanol–water partition coefficient (Wildman–Crippen LogP) is 2.84. The number of methoxy groups -OCH3 is 1. The van der Waals surface area contributed by atoms with Gasteiger partial charge in [-0.25, -0.2) is 4.39 Å². The Balaban J connectivity index is 2.20. The molecule has 4 heteroatoms. The Morgan fingerprint density at radius 2 is 2.05 bits per heavy atom. The van der Waals surface area contributed by atoms with Crippen LogP contribution < -0.4 is 10.5 Å². The quantitative estimate of drug-likeness (QED) is 0.678. The number of hydrogen-bond acceptors (Lipinski definition) is 3. The second-order valence-corrected chi connectivity index (χ2v) is 4.18. The summed E-state index contributed by atoms with van der Waals surface area (Å²) in [5.41, 5.74) is 7.21. The van der Waals surface area contributed by atoms with Crippen LogP contribution in [0.25, 0.3) is 0 Å². The number of nitrogens with two attached hydrogens (primary N) is 1. The van der Waals surface area contributed by atoms with Gasteiger partial charge in [-0.1, -0.05) is 12.1 Å². The van der Waals surface area contributed by atoms with E-state index in [-0.39, 0.29) is 18.0 Å². The fourth-order valence-electron chi connectivity index (χ4n) is 1.85. The SMILES string of the molecule is COc1ccc(C(=O)Cc2cccc(F)c2)c(N)c1. The molecule has 0 saturated carbocycles. The van der Waals surface area contributed by atoms with Crippen molar-refractivity contribution in [2.75, 3.05) is 12.8 Å². The van der Waals surface area contributed by atoms with Gasteiger partial charge in [-0.3, -0.25) is 4.79 Å². The van der Waals surface area contributed by atoms with Crippen molar-refractivity contribution >= 4 is 11.5 Å². The minimum atomic E-state index is -0.354. The normalized spacial score (nSPS) is 10.2. The summed E-state index contributed by atoms with van der Waals surface area (Å²) in [7, 11) is 1.53. The Hall–Kier alpha value is -2.36. The molecule has 2 N–H and O–H groups in total. The molecule has 0 fully saturated rings. The van der Waals surface area contributed by atoms with Gasteiger partial charge >= 0.3 is 0 Å². The molecule has 0 aromatic heterocycles. The third-order valence-electron chi connectivity index (χ3n) is 2.81. The number of rotatable bonds is 4. The standard InChI is InChI=1S/C15H14FNO2/c1-19-12-5-6-13(14(17)9-12)15(18)8-10-3-2-4-11(16)7-10/h2-7,9H,8,17H2,1H3. The van der Waals surface area contributed by atoms with Crippen LogP contribution in [0.5, 0.6) is 5.75 Å². The summed E-state index contributed by atoms with van der Waals surface area (Å²) in [5.74, 6) is 0.0959. The smallest absolute Gasteiger partial charge is 0.169 e. The van der Waals surface area contributed by atoms with E-state index in [0.29, 0.717) is 22.6 Å². The van der Waals surface area contributed by atoms with Crippen LogP contribution in [0.2, 0.25) is 0 Å². The van der Waals surface area contributed by atoms with Crippen LogP contribution >= 0.6 is 0 Å². The maximum absolute atomic E-state index is 13.0. The van der Waals surface area contributed by atoms with Crippen LogP contribution in [0, 0.1) is 5.82 Å². The van der Waals surface area contributed by atoms with Gasteiger partial charge in [-0.15, -0.1) is 0 Å². The Bertz CT molecular complexity index is 611. The van der Waals surface area contributed by atoms with Gasteiger partial charge in [0, 0.05) is 23.7 Å². The van der Waals surface area contributed by atoms with Gasteiger partial charge in [0.2, 0.25) is 0 Å². The van der Waals surface area contributed by atoms with Crippen molar-refractivity contribution in [3.8, 4) is 5.75 Å². The van der Waals surface area contributed by atoms with Crippen molar-refractivity contribution in [3.05, 3.63) is 59.4 Å². The maximum Gasteiger partial charge on any atom is 0.169 e. The van der Waals surface area contributed by atoms with Crippen molar-refractivity contribution in [1.29, 1.82) is 0 Å². The number of ketones is 1. The van der Waals surface area contributed by atoms with E-state index in [1.165, 1.54) is 19.2 Å². The number of carbonyl (C=O) groups excluding carboxylic acids is 1. The molecule has 0 bridgehead atoms. The topological polar surface area (TPSA) is 52.3 Å². The fraction of sp³-hybridized carbons (Fsp3) is 0.133. The van der Waals surface area contributed by atoms with Crippen LogP contribution in [-0.2, 0) is 6.42 Å². The number of benzene rings is 2. The van der Waals surface area contributed by atoms with Crippen LogP contribution in [0.4, 0.5) is 10.1 Å². The molecular formula is C15H14FNO2. The zero-order valence-corrected chi connectivity index (χ0v) is 10.5. The molecule has 0 aliphatic carbocycles. The zero-order chi connectivity index (χ0) is 13.8. The monoisotopic (exact) mass is 259 g/mol. The molecule has 0 spiro atoms. The summed E-state index contributed by atoms with van der Waals surface area (Å²) >= 11 is 0. The molecule has 19 heavy (non-hydrogen) atoms. The van der Waals surface area contributed by atoms with Crippen molar-refractivity contribution in [3.63, 3.8) is 0 Å². The minimum absolute atomic E-state index is 0.119. The highest BCUT2D eigenvalue weighted by Crippen LogP contribution is 2.21. The number of nitrogen functional groups attached to an aromatic ring is 1. The van der Waals surface area contributed by atoms with Crippen LogP contribution in [0.3, 0.4) is 0 Å². The van der Waals surface area contributed by atoms with E-state index in [1.54, 1.807) is 30.3 Å². The molecule has 2 aromatic rings. The molecule has 0 amide bonds. The summed E-state index contributed by atoms with van der Waals surface area (Å²) in [6.07, 6.45) is 0.119. The lowest BCUT2D eigenvalue weighted by Crippen LogP contribution is -2.07. The Kier molecular flexibility index (Phi) is 3.80. The van der Waals surface area contributed by atoms with Gasteiger partial charge in [0.1, 0.15) is 11.6 Å². The van der Waals surface area contributed by atoms with Crippen molar-refractivity contribution in [1.82, 2.24) is 0 Å².